The Bertz CT molecular complexity index is 568. The fourth-order valence-corrected chi connectivity index (χ4v) is 3.13. The summed E-state index contributed by atoms with van der Waals surface area (Å²) in [6.07, 6.45) is 1.11. The summed E-state index contributed by atoms with van der Waals surface area (Å²) in [4.78, 5) is 0. The second-order valence-corrected chi connectivity index (χ2v) is 6.12. The first-order chi connectivity index (χ1) is 9.33. The summed E-state index contributed by atoms with van der Waals surface area (Å²) in [5.74, 6) is 0. The quantitative estimate of drug-likeness (QED) is 0.789. The zero-order valence-electron chi connectivity index (χ0n) is 10.7. The lowest BCUT2D eigenvalue weighted by atomic mass is 9.99. The molecule has 0 aromatic heterocycles. The fourth-order valence-electron chi connectivity index (χ4n) is 2.59. The van der Waals surface area contributed by atoms with Crippen molar-refractivity contribution in [2.24, 2.45) is 0 Å². The molecule has 0 saturated heterocycles. The molecule has 0 bridgehead atoms. The van der Waals surface area contributed by atoms with Crippen LogP contribution in [0.5, 0.6) is 0 Å². The van der Waals surface area contributed by atoms with Crippen LogP contribution in [0.2, 0.25) is 0 Å². The van der Waals surface area contributed by atoms with E-state index in [0.717, 1.165) is 19.5 Å². The summed E-state index contributed by atoms with van der Waals surface area (Å²) in [5, 5.41) is 7.16. The molecule has 0 saturated carbocycles. The maximum atomic E-state index is 3.67. The number of nitrogens with one attached hydrogen (secondary N) is 2. The number of fused-ring (bicyclic) bond motifs is 1. The Hall–Kier alpha value is -1.07. The van der Waals surface area contributed by atoms with Gasteiger partial charge >= 0.3 is 0 Å². The van der Waals surface area contributed by atoms with Crippen molar-refractivity contribution in [2.75, 3.05) is 11.9 Å². The zero-order chi connectivity index (χ0) is 13.1. The second kappa shape index (κ2) is 5.92. The first-order valence-electron chi connectivity index (χ1n) is 6.63. The van der Waals surface area contributed by atoms with Gasteiger partial charge in [-0.15, -0.1) is 0 Å². The van der Waals surface area contributed by atoms with E-state index in [0.29, 0.717) is 6.04 Å². The van der Waals surface area contributed by atoms with Crippen LogP contribution in [0, 0.1) is 3.57 Å². The monoisotopic (exact) mass is 364 g/mol. The lowest BCUT2D eigenvalue weighted by Crippen LogP contribution is -2.15. The molecule has 0 fully saturated rings. The van der Waals surface area contributed by atoms with E-state index in [-0.39, 0.29) is 0 Å². The van der Waals surface area contributed by atoms with Gasteiger partial charge in [-0.05, 0) is 64.9 Å². The van der Waals surface area contributed by atoms with Crippen LogP contribution in [0.4, 0.5) is 5.69 Å². The SMILES string of the molecule is Ic1cccc(NC2CCNCc3ccccc32)c1. The lowest BCUT2D eigenvalue weighted by molar-refractivity contribution is 0.637. The normalized spacial score (nSPS) is 18.5. The van der Waals surface area contributed by atoms with Crippen molar-refractivity contribution in [3.8, 4) is 0 Å². The predicted octanol–water partition coefficient (Wildman–Crippen LogP) is 3.94. The summed E-state index contributed by atoms with van der Waals surface area (Å²) in [6.45, 7) is 2.02. The number of hydrogen-bond acceptors (Lipinski definition) is 2. The van der Waals surface area contributed by atoms with Crippen LogP contribution < -0.4 is 10.6 Å². The maximum Gasteiger partial charge on any atom is 0.0529 e. The molecule has 1 unspecified atom stereocenters. The smallest absolute Gasteiger partial charge is 0.0529 e. The van der Waals surface area contributed by atoms with Crippen molar-refractivity contribution in [1.29, 1.82) is 0 Å². The van der Waals surface area contributed by atoms with Gasteiger partial charge < -0.3 is 10.6 Å². The predicted molar refractivity (Wildman–Crippen MR) is 88.3 cm³/mol. The molecule has 2 N–H and O–H groups in total. The Morgan fingerprint density at radius 2 is 2.00 bits per heavy atom. The highest BCUT2D eigenvalue weighted by Gasteiger charge is 2.17. The first kappa shape index (κ1) is 12.9. The number of rotatable bonds is 2. The molecule has 1 aliphatic rings. The molecule has 1 aliphatic heterocycles. The van der Waals surface area contributed by atoms with Gasteiger partial charge in [0, 0.05) is 15.8 Å². The highest BCUT2D eigenvalue weighted by atomic mass is 127. The van der Waals surface area contributed by atoms with Gasteiger partial charge in [-0.25, -0.2) is 0 Å². The minimum atomic E-state index is 0.393. The molecule has 3 heteroatoms. The molecular weight excluding hydrogens is 347 g/mol. The van der Waals surface area contributed by atoms with Crippen LogP contribution >= 0.6 is 22.6 Å². The van der Waals surface area contributed by atoms with E-state index in [1.165, 1.54) is 20.4 Å². The third-order valence-corrected chi connectivity index (χ3v) is 4.19. The molecule has 2 aromatic carbocycles. The Morgan fingerprint density at radius 3 is 2.89 bits per heavy atom. The van der Waals surface area contributed by atoms with Crippen LogP contribution in [0.15, 0.2) is 48.5 Å². The Labute approximate surface area is 127 Å². The van der Waals surface area contributed by atoms with Crippen LogP contribution in [0.1, 0.15) is 23.6 Å². The van der Waals surface area contributed by atoms with Crippen molar-refractivity contribution in [2.45, 2.75) is 19.0 Å². The van der Waals surface area contributed by atoms with Gasteiger partial charge in [0.15, 0.2) is 0 Å². The number of benzene rings is 2. The minimum absolute atomic E-state index is 0.393. The van der Waals surface area contributed by atoms with E-state index >= 15 is 0 Å². The van der Waals surface area contributed by atoms with Crippen molar-refractivity contribution in [3.05, 3.63) is 63.2 Å². The van der Waals surface area contributed by atoms with Gasteiger partial charge in [-0.2, -0.15) is 0 Å². The van der Waals surface area contributed by atoms with E-state index in [1.807, 2.05) is 0 Å². The van der Waals surface area contributed by atoms with Gasteiger partial charge in [0.05, 0.1) is 6.04 Å². The van der Waals surface area contributed by atoms with Gasteiger partial charge in [-0.3, -0.25) is 0 Å². The van der Waals surface area contributed by atoms with Gasteiger partial charge in [0.1, 0.15) is 0 Å². The summed E-state index contributed by atoms with van der Waals surface area (Å²) in [6, 6.07) is 17.7. The Kier molecular flexibility index (Phi) is 4.03. The third kappa shape index (κ3) is 3.09. The molecule has 3 rings (SSSR count). The molecule has 0 radical (unpaired) electrons. The van der Waals surface area contributed by atoms with Crippen molar-refractivity contribution >= 4 is 28.3 Å². The third-order valence-electron chi connectivity index (χ3n) is 3.52. The average molecular weight is 364 g/mol. The first-order valence-corrected chi connectivity index (χ1v) is 7.71. The highest BCUT2D eigenvalue weighted by Crippen LogP contribution is 2.27. The van der Waals surface area contributed by atoms with Gasteiger partial charge in [-0.1, -0.05) is 30.3 Å². The molecule has 2 nitrogen and oxygen atoms in total. The largest absolute Gasteiger partial charge is 0.378 e. The number of halogens is 1. The summed E-state index contributed by atoms with van der Waals surface area (Å²) in [5.41, 5.74) is 4.03. The van der Waals surface area contributed by atoms with Crippen molar-refractivity contribution < 1.29 is 0 Å². The molecule has 98 valence electrons. The van der Waals surface area contributed by atoms with Crippen molar-refractivity contribution in [1.82, 2.24) is 5.32 Å². The molecule has 2 aromatic rings. The summed E-state index contributed by atoms with van der Waals surface area (Å²) in [7, 11) is 0. The van der Waals surface area contributed by atoms with E-state index < -0.39 is 0 Å². The molecule has 0 spiro atoms. The fraction of sp³-hybridized carbons (Fsp3) is 0.250. The van der Waals surface area contributed by atoms with Crippen LogP contribution in [-0.2, 0) is 6.54 Å². The highest BCUT2D eigenvalue weighted by molar-refractivity contribution is 14.1. The summed E-state index contributed by atoms with van der Waals surface area (Å²) >= 11 is 2.35. The molecule has 0 amide bonds. The maximum absolute atomic E-state index is 3.67. The molecule has 19 heavy (non-hydrogen) atoms. The van der Waals surface area contributed by atoms with Gasteiger partial charge in [0.2, 0.25) is 0 Å². The lowest BCUT2D eigenvalue weighted by Gasteiger charge is -2.20. The standard InChI is InChI=1S/C16H17IN2/c17-13-5-3-6-14(10-13)19-16-8-9-18-11-12-4-1-2-7-15(12)16/h1-7,10,16,18-19H,8-9,11H2. The topological polar surface area (TPSA) is 24.1 Å². The average Bonchev–Trinajstić information content (AvgIpc) is 2.62. The van der Waals surface area contributed by atoms with E-state index in [2.05, 4.69) is 81.8 Å². The molecule has 1 heterocycles. The molecule has 1 atom stereocenters. The molecular formula is C16H17IN2. The van der Waals surface area contributed by atoms with E-state index in [4.69, 9.17) is 0 Å². The van der Waals surface area contributed by atoms with Gasteiger partial charge in [0.25, 0.3) is 0 Å². The Morgan fingerprint density at radius 1 is 1.11 bits per heavy atom. The van der Waals surface area contributed by atoms with Crippen LogP contribution in [0.3, 0.4) is 0 Å². The second-order valence-electron chi connectivity index (χ2n) is 4.87. The number of anilines is 1. The zero-order valence-corrected chi connectivity index (χ0v) is 12.9. The van der Waals surface area contributed by atoms with E-state index in [9.17, 15) is 0 Å². The van der Waals surface area contributed by atoms with Crippen LogP contribution in [0.25, 0.3) is 0 Å². The molecule has 0 aliphatic carbocycles. The Balaban J connectivity index is 1.88. The van der Waals surface area contributed by atoms with Crippen molar-refractivity contribution in [3.63, 3.8) is 0 Å². The summed E-state index contributed by atoms with van der Waals surface area (Å²) < 4.78 is 1.27. The number of hydrogen-bond donors (Lipinski definition) is 2. The van der Waals surface area contributed by atoms with Crippen LogP contribution in [-0.4, -0.2) is 6.54 Å². The minimum Gasteiger partial charge on any atom is -0.378 e. The van der Waals surface area contributed by atoms with E-state index in [1.54, 1.807) is 0 Å².